The van der Waals surface area contributed by atoms with Gasteiger partial charge in [-0.05, 0) is 52.3 Å². The number of carbonyl (C=O) groups excluding carboxylic acids is 1. The minimum Gasteiger partial charge on any atom is -0.373 e. The van der Waals surface area contributed by atoms with E-state index in [1.165, 1.54) is 33.0 Å². The summed E-state index contributed by atoms with van der Waals surface area (Å²) < 4.78 is 0. The van der Waals surface area contributed by atoms with E-state index in [9.17, 15) is 4.79 Å². The molecule has 0 saturated heterocycles. The number of anilines is 1. The molecule has 1 aliphatic carbocycles. The summed E-state index contributed by atoms with van der Waals surface area (Å²) in [6, 6.07) is 21.2. The van der Waals surface area contributed by atoms with E-state index in [4.69, 9.17) is 0 Å². The number of allylic oxidation sites excluding steroid dienone is 1. The lowest BCUT2D eigenvalue weighted by atomic mass is 9.67. The maximum absolute atomic E-state index is 13.4. The Bertz CT molecular complexity index is 1150. The summed E-state index contributed by atoms with van der Waals surface area (Å²) in [4.78, 5) is 13.4. The summed E-state index contributed by atoms with van der Waals surface area (Å²) in [7, 11) is 0. The van der Waals surface area contributed by atoms with Crippen molar-refractivity contribution in [1.29, 1.82) is 0 Å². The minimum atomic E-state index is -0.0755. The summed E-state index contributed by atoms with van der Waals surface area (Å²) in [6.45, 7) is 6.55. The van der Waals surface area contributed by atoms with Crippen molar-refractivity contribution in [2.45, 2.75) is 39.7 Å². The van der Waals surface area contributed by atoms with Crippen LogP contribution >= 0.6 is 0 Å². The number of nitrogens with one attached hydrogen (secondary N) is 1. The molecule has 0 saturated carbocycles. The third-order valence-corrected chi connectivity index (χ3v) is 6.24. The first-order valence-corrected chi connectivity index (χ1v) is 10.0. The number of hydrogen-bond donors (Lipinski definition) is 1. The third-order valence-electron chi connectivity index (χ3n) is 6.24. The van der Waals surface area contributed by atoms with Gasteiger partial charge in [0, 0.05) is 23.2 Å². The van der Waals surface area contributed by atoms with Crippen LogP contribution in [0.4, 0.5) is 5.69 Å². The van der Waals surface area contributed by atoms with Crippen LogP contribution in [-0.2, 0) is 4.79 Å². The van der Waals surface area contributed by atoms with Gasteiger partial charge in [0.05, 0.1) is 6.04 Å². The molecule has 0 unspecified atom stereocenters. The first kappa shape index (κ1) is 17.2. The molecule has 0 radical (unpaired) electrons. The van der Waals surface area contributed by atoms with Crippen molar-refractivity contribution in [1.82, 2.24) is 0 Å². The van der Waals surface area contributed by atoms with Crippen molar-refractivity contribution in [2.24, 2.45) is 5.41 Å². The summed E-state index contributed by atoms with van der Waals surface area (Å²) in [6.07, 6.45) is 1.54. The van der Waals surface area contributed by atoms with Gasteiger partial charge < -0.3 is 5.32 Å². The van der Waals surface area contributed by atoms with Crippen molar-refractivity contribution in [3.8, 4) is 0 Å². The predicted molar refractivity (Wildman–Crippen MR) is 116 cm³/mol. The van der Waals surface area contributed by atoms with Gasteiger partial charge in [0.25, 0.3) is 0 Å². The SMILES string of the molecule is Cc1ccccc1[C@@H]1Nc2ccc3ccccc3c2C2=C1C(=O)CC(C)(C)C2. The lowest BCUT2D eigenvalue weighted by Crippen LogP contribution is -2.33. The zero-order chi connectivity index (χ0) is 19.5. The molecule has 1 heterocycles. The largest absolute Gasteiger partial charge is 0.373 e. The summed E-state index contributed by atoms with van der Waals surface area (Å²) in [5, 5.41) is 6.18. The van der Waals surface area contributed by atoms with Crippen LogP contribution in [-0.4, -0.2) is 5.78 Å². The number of hydrogen-bond acceptors (Lipinski definition) is 2. The lowest BCUT2D eigenvalue weighted by molar-refractivity contribution is -0.118. The Morgan fingerprint density at radius 2 is 1.68 bits per heavy atom. The predicted octanol–water partition coefficient (Wildman–Crippen LogP) is 6.46. The summed E-state index contributed by atoms with van der Waals surface area (Å²) in [5.41, 5.74) is 6.96. The van der Waals surface area contributed by atoms with Crippen molar-refractivity contribution in [2.75, 3.05) is 5.32 Å². The van der Waals surface area contributed by atoms with Crippen LogP contribution in [0.2, 0.25) is 0 Å². The molecular formula is C26H25NO. The average Bonchev–Trinajstić information content (AvgIpc) is 2.66. The maximum Gasteiger partial charge on any atom is 0.162 e. The highest BCUT2D eigenvalue weighted by atomic mass is 16.1. The Hall–Kier alpha value is -2.87. The Morgan fingerprint density at radius 1 is 0.929 bits per heavy atom. The molecule has 3 aromatic rings. The number of aryl methyl sites for hydroxylation is 1. The van der Waals surface area contributed by atoms with Crippen LogP contribution in [0.3, 0.4) is 0 Å². The van der Waals surface area contributed by atoms with Gasteiger partial charge in [-0.15, -0.1) is 0 Å². The van der Waals surface area contributed by atoms with Crippen molar-refractivity contribution < 1.29 is 4.79 Å². The topological polar surface area (TPSA) is 29.1 Å². The van der Waals surface area contributed by atoms with Crippen LogP contribution in [0.15, 0.2) is 66.2 Å². The molecule has 0 spiro atoms. The second kappa shape index (κ2) is 6.07. The average molecular weight is 367 g/mol. The van der Waals surface area contributed by atoms with E-state index in [-0.39, 0.29) is 17.2 Å². The second-order valence-electron chi connectivity index (χ2n) is 8.98. The number of carbonyl (C=O) groups is 1. The van der Waals surface area contributed by atoms with Gasteiger partial charge in [-0.3, -0.25) is 4.79 Å². The molecule has 0 bridgehead atoms. The molecule has 0 aromatic heterocycles. The molecule has 2 heteroatoms. The number of ketones is 1. The first-order valence-electron chi connectivity index (χ1n) is 10.0. The van der Waals surface area contributed by atoms with Gasteiger partial charge in [0.2, 0.25) is 0 Å². The van der Waals surface area contributed by atoms with Gasteiger partial charge >= 0.3 is 0 Å². The Labute approximate surface area is 166 Å². The van der Waals surface area contributed by atoms with Gasteiger partial charge in [-0.25, -0.2) is 0 Å². The van der Waals surface area contributed by atoms with Crippen molar-refractivity contribution in [3.05, 3.63) is 82.9 Å². The smallest absolute Gasteiger partial charge is 0.162 e. The fourth-order valence-corrected chi connectivity index (χ4v) is 4.98. The van der Waals surface area contributed by atoms with Crippen LogP contribution in [0, 0.1) is 12.3 Å². The lowest BCUT2D eigenvalue weighted by Gasteiger charge is -2.40. The maximum atomic E-state index is 13.4. The molecule has 0 amide bonds. The normalized spacial score (nSPS) is 20.5. The van der Waals surface area contributed by atoms with Gasteiger partial charge in [0.15, 0.2) is 5.78 Å². The van der Waals surface area contributed by atoms with E-state index in [0.717, 1.165) is 17.7 Å². The van der Waals surface area contributed by atoms with E-state index in [2.05, 4.69) is 86.8 Å². The van der Waals surface area contributed by atoms with Gasteiger partial charge in [-0.1, -0.05) is 68.4 Å². The van der Waals surface area contributed by atoms with E-state index in [1.54, 1.807) is 0 Å². The number of benzene rings is 3. The zero-order valence-electron chi connectivity index (χ0n) is 16.7. The van der Waals surface area contributed by atoms with Crippen molar-refractivity contribution >= 4 is 27.8 Å². The van der Waals surface area contributed by atoms with Crippen molar-refractivity contribution in [3.63, 3.8) is 0 Å². The number of Topliss-reactive ketones (excluding diaryl/α,β-unsaturated/α-hetero) is 1. The van der Waals surface area contributed by atoms with E-state index < -0.39 is 0 Å². The van der Waals surface area contributed by atoms with E-state index >= 15 is 0 Å². The Balaban J connectivity index is 1.83. The van der Waals surface area contributed by atoms with E-state index in [0.29, 0.717) is 6.42 Å². The number of fused-ring (bicyclic) bond motifs is 4. The monoisotopic (exact) mass is 367 g/mol. The van der Waals surface area contributed by atoms with Gasteiger partial charge in [0.1, 0.15) is 0 Å². The standard InChI is InChI=1S/C26H25NO/c1-16-8-4-6-10-18(16)25-24-20(14-26(2,3)15-22(24)28)23-19-11-7-5-9-17(19)12-13-21(23)27-25/h4-13,25,27H,14-15H2,1-3H3/t25-/m0/s1. The molecule has 28 heavy (non-hydrogen) atoms. The molecule has 1 aliphatic heterocycles. The van der Waals surface area contributed by atoms with Crippen LogP contribution in [0.25, 0.3) is 16.3 Å². The first-order chi connectivity index (χ1) is 13.4. The fraction of sp³-hybridized carbons (Fsp3) is 0.269. The quantitative estimate of drug-likeness (QED) is 0.535. The van der Waals surface area contributed by atoms with Crippen LogP contribution < -0.4 is 5.32 Å². The molecule has 5 rings (SSSR count). The molecular weight excluding hydrogens is 342 g/mol. The van der Waals surface area contributed by atoms with Gasteiger partial charge in [-0.2, -0.15) is 0 Å². The Kier molecular flexibility index (Phi) is 3.74. The minimum absolute atomic E-state index is 0.0161. The summed E-state index contributed by atoms with van der Waals surface area (Å²) in [5.74, 6) is 0.283. The van der Waals surface area contributed by atoms with Crippen LogP contribution in [0.5, 0.6) is 0 Å². The molecule has 3 aromatic carbocycles. The molecule has 1 N–H and O–H groups in total. The fourth-order valence-electron chi connectivity index (χ4n) is 4.98. The molecule has 2 aliphatic rings. The van der Waals surface area contributed by atoms with Crippen LogP contribution in [0.1, 0.15) is 49.4 Å². The molecule has 0 fully saturated rings. The highest BCUT2D eigenvalue weighted by Crippen LogP contribution is 2.52. The highest BCUT2D eigenvalue weighted by Gasteiger charge is 2.40. The third kappa shape index (κ3) is 2.59. The highest BCUT2D eigenvalue weighted by molar-refractivity contribution is 6.12. The Morgan fingerprint density at radius 3 is 2.50 bits per heavy atom. The van der Waals surface area contributed by atoms with E-state index in [1.807, 2.05) is 0 Å². The molecule has 140 valence electrons. The molecule has 1 atom stereocenters. The zero-order valence-corrected chi connectivity index (χ0v) is 16.7. The second-order valence-corrected chi connectivity index (χ2v) is 8.98. The number of rotatable bonds is 1. The summed E-state index contributed by atoms with van der Waals surface area (Å²) >= 11 is 0. The molecule has 2 nitrogen and oxygen atoms in total.